The fourth-order valence-corrected chi connectivity index (χ4v) is 7.54. The van der Waals surface area contributed by atoms with Crippen LogP contribution in [0.5, 0.6) is 0 Å². The van der Waals surface area contributed by atoms with Gasteiger partial charge in [0.15, 0.2) is 0 Å². The Morgan fingerprint density at radius 3 is 2.56 bits per heavy atom. The van der Waals surface area contributed by atoms with Gasteiger partial charge in [0.25, 0.3) is 0 Å². The standard InChI is InChI=1S/C29H29F2N7O2S/c1-5-24(39)38-17(3)12-35(13-18(38)4)28-22-10-16(2)25(21-7-6-19(30)11-23(21)31)27-26(22)36(29(40)33-28)14-20(15-41-27)37-9-8-32-34-37/h5-11,17-18,20H,1,12-15H2,2-4H3/t17-,18+,20?. The summed E-state index contributed by atoms with van der Waals surface area (Å²) in [6, 6.07) is 5.01. The van der Waals surface area contributed by atoms with Crippen molar-refractivity contribution in [1.29, 1.82) is 0 Å². The van der Waals surface area contributed by atoms with Crippen LogP contribution in [-0.4, -0.2) is 66.3 Å². The van der Waals surface area contributed by atoms with Crippen molar-refractivity contribution in [3.63, 3.8) is 0 Å². The number of rotatable bonds is 4. The van der Waals surface area contributed by atoms with Crippen molar-refractivity contribution in [2.24, 2.45) is 0 Å². The lowest BCUT2D eigenvalue weighted by molar-refractivity contribution is -0.130. The minimum absolute atomic E-state index is 0.136. The molecule has 4 aromatic rings. The van der Waals surface area contributed by atoms with Crippen LogP contribution >= 0.6 is 11.8 Å². The molecule has 41 heavy (non-hydrogen) atoms. The molecule has 0 aliphatic carbocycles. The molecule has 2 aromatic heterocycles. The van der Waals surface area contributed by atoms with Crippen LogP contribution in [0.25, 0.3) is 22.0 Å². The van der Waals surface area contributed by atoms with Gasteiger partial charge in [0, 0.05) is 64.6 Å². The highest BCUT2D eigenvalue weighted by Crippen LogP contribution is 2.45. The molecular formula is C29H29F2N7O2S. The number of hydrogen-bond acceptors (Lipinski definition) is 7. The largest absolute Gasteiger partial charge is 0.352 e. The van der Waals surface area contributed by atoms with Gasteiger partial charge in [-0.3, -0.25) is 9.36 Å². The highest BCUT2D eigenvalue weighted by molar-refractivity contribution is 7.99. The Bertz CT molecular complexity index is 1730. The molecule has 9 nitrogen and oxygen atoms in total. The molecule has 4 heterocycles. The predicted molar refractivity (Wildman–Crippen MR) is 154 cm³/mol. The summed E-state index contributed by atoms with van der Waals surface area (Å²) in [5, 5.41) is 8.86. The highest BCUT2D eigenvalue weighted by Gasteiger charge is 2.35. The highest BCUT2D eigenvalue weighted by atomic mass is 32.2. The van der Waals surface area contributed by atoms with Gasteiger partial charge in [0.2, 0.25) is 5.91 Å². The van der Waals surface area contributed by atoms with Crippen molar-refractivity contribution in [1.82, 2.24) is 29.4 Å². The Morgan fingerprint density at radius 2 is 1.90 bits per heavy atom. The van der Waals surface area contributed by atoms with Crippen molar-refractivity contribution in [3.05, 3.63) is 77.0 Å². The molecule has 0 saturated carbocycles. The van der Waals surface area contributed by atoms with Gasteiger partial charge in [-0.15, -0.1) is 16.9 Å². The molecule has 3 atom stereocenters. The van der Waals surface area contributed by atoms with Crippen LogP contribution in [0.2, 0.25) is 0 Å². The van der Waals surface area contributed by atoms with E-state index in [0.29, 0.717) is 42.3 Å². The first-order valence-electron chi connectivity index (χ1n) is 13.4. The van der Waals surface area contributed by atoms with Crippen LogP contribution in [0, 0.1) is 18.6 Å². The molecule has 0 bridgehead atoms. The van der Waals surface area contributed by atoms with Crippen LogP contribution in [-0.2, 0) is 11.3 Å². The third-order valence-corrected chi connectivity index (χ3v) is 9.11. The van der Waals surface area contributed by atoms with E-state index >= 15 is 4.39 Å². The molecule has 1 unspecified atom stereocenters. The number of aryl methyl sites for hydroxylation is 1. The van der Waals surface area contributed by atoms with Gasteiger partial charge in [-0.2, -0.15) is 4.98 Å². The number of aromatic nitrogens is 5. The van der Waals surface area contributed by atoms with Gasteiger partial charge in [0.1, 0.15) is 17.5 Å². The number of carbonyl (C=O) groups excluding carboxylic acids is 1. The zero-order valence-corrected chi connectivity index (χ0v) is 23.7. The molecule has 2 aliphatic rings. The van der Waals surface area contributed by atoms with Crippen LogP contribution in [0.1, 0.15) is 25.5 Å². The molecular weight excluding hydrogens is 548 g/mol. The average Bonchev–Trinajstić information content (AvgIpc) is 3.39. The molecule has 1 saturated heterocycles. The molecule has 12 heteroatoms. The van der Waals surface area contributed by atoms with Crippen molar-refractivity contribution >= 4 is 34.4 Å². The van der Waals surface area contributed by atoms with Gasteiger partial charge in [-0.25, -0.2) is 18.3 Å². The number of benzene rings is 2. The zero-order valence-electron chi connectivity index (χ0n) is 22.9. The van der Waals surface area contributed by atoms with Crippen LogP contribution in [0.15, 0.2) is 59.0 Å². The van der Waals surface area contributed by atoms with E-state index in [1.54, 1.807) is 26.5 Å². The lowest BCUT2D eigenvalue weighted by Gasteiger charge is -2.44. The summed E-state index contributed by atoms with van der Waals surface area (Å²) < 4.78 is 32.4. The van der Waals surface area contributed by atoms with E-state index in [2.05, 4.69) is 26.8 Å². The maximum absolute atomic E-state index is 15.2. The number of halogens is 2. The zero-order chi connectivity index (χ0) is 29.0. The molecule has 1 amide bonds. The summed E-state index contributed by atoms with van der Waals surface area (Å²) in [7, 11) is 0. The molecule has 6 rings (SSSR count). The third kappa shape index (κ3) is 4.59. The Balaban J connectivity index is 1.58. The first-order valence-corrected chi connectivity index (χ1v) is 14.4. The summed E-state index contributed by atoms with van der Waals surface area (Å²) >= 11 is 1.51. The summed E-state index contributed by atoms with van der Waals surface area (Å²) in [6.07, 6.45) is 4.66. The predicted octanol–water partition coefficient (Wildman–Crippen LogP) is 4.20. The molecule has 1 fully saturated rings. The van der Waals surface area contributed by atoms with Gasteiger partial charge in [0.05, 0.1) is 24.3 Å². The Morgan fingerprint density at radius 1 is 1.15 bits per heavy atom. The van der Waals surface area contributed by atoms with E-state index in [1.165, 1.54) is 30.0 Å². The monoisotopic (exact) mass is 577 g/mol. The Hall–Kier alpha value is -4.06. The molecule has 212 valence electrons. The van der Waals surface area contributed by atoms with Crippen molar-refractivity contribution in [3.8, 4) is 11.1 Å². The molecule has 0 spiro atoms. The lowest BCUT2D eigenvalue weighted by Crippen LogP contribution is -2.58. The topological polar surface area (TPSA) is 89.2 Å². The van der Waals surface area contributed by atoms with Crippen LogP contribution in [0.3, 0.4) is 0 Å². The van der Waals surface area contributed by atoms with Crippen molar-refractivity contribution < 1.29 is 13.6 Å². The quantitative estimate of drug-likeness (QED) is 0.336. The number of amides is 1. The van der Waals surface area contributed by atoms with E-state index < -0.39 is 17.3 Å². The smallest absolute Gasteiger partial charge is 0.350 e. The minimum Gasteiger partial charge on any atom is -0.352 e. The second-order valence-corrected chi connectivity index (χ2v) is 11.7. The van der Waals surface area contributed by atoms with Gasteiger partial charge in [-0.05, 0) is 50.6 Å². The number of piperazine rings is 1. The van der Waals surface area contributed by atoms with Gasteiger partial charge >= 0.3 is 5.69 Å². The lowest BCUT2D eigenvalue weighted by atomic mass is 9.97. The first kappa shape index (κ1) is 27.1. The van der Waals surface area contributed by atoms with E-state index in [0.717, 1.165) is 21.9 Å². The maximum atomic E-state index is 15.2. The number of nitrogens with zero attached hydrogens (tertiary/aromatic N) is 7. The van der Waals surface area contributed by atoms with Crippen molar-refractivity contribution in [2.75, 3.05) is 23.7 Å². The molecule has 2 aromatic carbocycles. The van der Waals surface area contributed by atoms with E-state index in [4.69, 9.17) is 0 Å². The second-order valence-electron chi connectivity index (χ2n) is 10.6. The SMILES string of the molecule is C=CC(=O)N1[C@H](C)CN(c2nc(=O)n3c4c(c(-c5ccc(F)cc5F)c(C)cc24)SCC(n2ccnn2)C3)C[C@@H]1C. The number of thioether (sulfide) groups is 1. The van der Waals surface area contributed by atoms with Crippen LogP contribution < -0.4 is 10.6 Å². The number of anilines is 1. The summed E-state index contributed by atoms with van der Waals surface area (Å²) in [5.41, 5.74) is 1.89. The summed E-state index contributed by atoms with van der Waals surface area (Å²) in [6.45, 7) is 10.7. The second kappa shape index (κ2) is 10.4. The Kier molecular flexibility index (Phi) is 6.88. The Labute approximate surface area is 239 Å². The van der Waals surface area contributed by atoms with Crippen molar-refractivity contribution in [2.45, 2.75) is 50.3 Å². The van der Waals surface area contributed by atoms with E-state index in [9.17, 15) is 14.0 Å². The minimum atomic E-state index is -0.671. The molecule has 2 aliphatic heterocycles. The number of carbonyl (C=O) groups is 1. The average molecular weight is 578 g/mol. The molecule has 0 N–H and O–H groups in total. The van der Waals surface area contributed by atoms with E-state index in [1.807, 2.05) is 26.8 Å². The van der Waals surface area contributed by atoms with Crippen LogP contribution in [0.4, 0.5) is 14.6 Å². The maximum Gasteiger partial charge on any atom is 0.350 e. The summed E-state index contributed by atoms with van der Waals surface area (Å²) in [4.78, 5) is 35.5. The molecule has 0 radical (unpaired) electrons. The third-order valence-electron chi connectivity index (χ3n) is 7.87. The fourth-order valence-electron chi connectivity index (χ4n) is 6.15. The van der Waals surface area contributed by atoms with Gasteiger partial charge in [-0.1, -0.05) is 11.8 Å². The summed E-state index contributed by atoms with van der Waals surface area (Å²) in [5.74, 6) is -0.389. The number of hydrogen-bond donors (Lipinski definition) is 0. The van der Waals surface area contributed by atoms with Gasteiger partial charge < -0.3 is 9.80 Å². The fraction of sp³-hybridized carbons (Fsp3) is 0.345. The first-order chi connectivity index (χ1) is 19.7. The van der Waals surface area contributed by atoms with E-state index in [-0.39, 0.29) is 29.6 Å². The normalized spacial score (nSPS) is 20.8.